The molecule has 0 bridgehead atoms. The molecule has 0 aromatic carbocycles. The summed E-state index contributed by atoms with van der Waals surface area (Å²) in [6.07, 6.45) is 11.9. The molecule has 3 rings (SSSR count). The third-order valence-electron chi connectivity index (χ3n) is 4.91. The molecule has 114 valence electrons. The second kappa shape index (κ2) is 6.47. The van der Waals surface area contributed by atoms with Crippen molar-refractivity contribution in [2.24, 2.45) is 5.92 Å². The van der Waals surface area contributed by atoms with E-state index >= 15 is 0 Å². The molecular formula is C17H23BrN2O. The van der Waals surface area contributed by atoms with E-state index in [1.165, 1.54) is 44.9 Å². The predicted octanol–water partition coefficient (Wildman–Crippen LogP) is 4.42. The minimum atomic E-state index is 0.172. The van der Waals surface area contributed by atoms with Crippen molar-refractivity contribution in [2.75, 3.05) is 0 Å². The van der Waals surface area contributed by atoms with Crippen molar-refractivity contribution < 1.29 is 4.79 Å². The molecular weight excluding hydrogens is 328 g/mol. The Morgan fingerprint density at radius 2 is 1.81 bits per heavy atom. The Morgan fingerprint density at radius 1 is 1.19 bits per heavy atom. The minimum Gasteiger partial charge on any atom is -0.333 e. The van der Waals surface area contributed by atoms with E-state index in [1.54, 1.807) is 12.4 Å². The van der Waals surface area contributed by atoms with Crippen molar-refractivity contribution >= 4 is 21.8 Å². The molecule has 2 saturated carbocycles. The van der Waals surface area contributed by atoms with Gasteiger partial charge in [0.15, 0.2) is 0 Å². The summed E-state index contributed by atoms with van der Waals surface area (Å²) in [4.78, 5) is 19.2. The molecule has 1 amide bonds. The average Bonchev–Trinajstić information content (AvgIpc) is 3.33. The Balaban J connectivity index is 1.74. The van der Waals surface area contributed by atoms with E-state index in [4.69, 9.17) is 0 Å². The topological polar surface area (TPSA) is 33.2 Å². The zero-order chi connectivity index (χ0) is 14.8. The van der Waals surface area contributed by atoms with E-state index in [2.05, 4.69) is 32.7 Å². The number of carbonyl (C=O) groups is 1. The maximum Gasteiger partial charge on any atom is 0.255 e. The van der Waals surface area contributed by atoms with Gasteiger partial charge in [-0.05, 0) is 66.4 Å². The number of carbonyl (C=O) groups excluding carboxylic acids is 1. The van der Waals surface area contributed by atoms with E-state index < -0.39 is 0 Å². The summed E-state index contributed by atoms with van der Waals surface area (Å²) in [5.74, 6) is 1.04. The quantitative estimate of drug-likeness (QED) is 0.805. The Bertz CT molecular complexity index is 507. The van der Waals surface area contributed by atoms with E-state index in [0.717, 1.165) is 10.4 Å². The normalized spacial score (nSPS) is 25.6. The van der Waals surface area contributed by atoms with Crippen LogP contribution in [0.25, 0.3) is 0 Å². The average molecular weight is 351 g/mol. The summed E-state index contributed by atoms with van der Waals surface area (Å²) in [6.45, 7) is 2.28. The van der Waals surface area contributed by atoms with Crippen LogP contribution >= 0.6 is 15.9 Å². The van der Waals surface area contributed by atoms with Gasteiger partial charge in [0.25, 0.3) is 5.91 Å². The van der Waals surface area contributed by atoms with Gasteiger partial charge in [-0.15, -0.1) is 0 Å². The summed E-state index contributed by atoms with van der Waals surface area (Å²) in [5, 5.41) is 0. The molecule has 2 aliphatic carbocycles. The van der Waals surface area contributed by atoms with Gasteiger partial charge < -0.3 is 4.90 Å². The van der Waals surface area contributed by atoms with Crippen molar-refractivity contribution in [1.82, 2.24) is 9.88 Å². The van der Waals surface area contributed by atoms with Crippen LogP contribution in [0.2, 0.25) is 0 Å². The summed E-state index contributed by atoms with van der Waals surface area (Å²) in [6, 6.07) is 2.80. The van der Waals surface area contributed by atoms with Crippen LogP contribution in [0.4, 0.5) is 0 Å². The Kier molecular flexibility index (Phi) is 4.63. The summed E-state index contributed by atoms with van der Waals surface area (Å²) in [7, 11) is 0. The number of hydrogen-bond acceptors (Lipinski definition) is 2. The highest BCUT2D eigenvalue weighted by Gasteiger charge is 2.39. The number of amides is 1. The molecule has 0 N–H and O–H groups in total. The van der Waals surface area contributed by atoms with Crippen molar-refractivity contribution in [3.8, 4) is 0 Å². The van der Waals surface area contributed by atoms with Gasteiger partial charge >= 0.3 is 0 Å². The number of rotatable bonds is 4. The highest BCUT2D eigenvalue weighted by atomic mass is 79.9. The molecule has 1 aromatic heterocycles. The lowest BCUT2D eigenvalue weighted by Crippen LogP contribution is -2.44. The SMILES string of the molecule is CCC1CCC(N(C(=O)c2cncc(Br)c2)C2CC2)CC1. The predicted molar refractivity (Wildman–Crippen MR) is 87.2 cm³/mol. The molecule has 1 heterocycles. The molecule has 3 nitrogen and oxygen atoms in total. The first kappa shape index (κ1) is 15.0. The van der Waals surface area contributed by atoms with E-state index in [9.17, 15) is 4.79 Å². The second-order valence-corrected chi connectivity index (χ2v) is 7.33. The van der Waals surface area contributed by atoms with E-state index in [1.807, 2.05) is 6.07 Å². The number of nitrogens with zero attached hydrogens (tertiary/aromatic N) is 2. The van der Waals surface area contributed by atoms with Gasteiger partial charge in [0.05, 0.1) is 5.56 Å². The van der Waals surface area contributed by atoms with Crippen LogP contribution < -0.4 is 0 Å². The molecule has 2 aliphatic rings. The van der Waals surface area contributed by atoms with Crippen molar-refractivity contribution in [3.05, 3.63) is 28.5 Å². The molecule has 0 aliphatic heterocycles. The fourth-order valence-corrected chi connectivity index (χ4v) is 3.86. The lowest BCUT2D eigenvalue weighted by atomic mass is 9.83. The molecule has 0 radical (unpaired) electrons. The Morgan fingerprint density at radius 3 is 2.33 bits per heavy atom. The van der Waals surface area contributed by atoms with Gasteiger partial charge in [0, 0.05) is 29.0 Å². The third kappa shape index (κ3) is 3.47. The van der Waals surface area contributed by atoms with Crippen LogP contribution in [0.3, 0.4) is 0 Å². The van der Waals surface area contributed by atoms with Gasteiger partial charge in [-0.3, -0.25) is 9.78 Å². The van der Waals surface area contributed by atoms with Crippen molar-refractivity contribution in [3.63, 3.8) is 0 Å². The largest absolute Gasteiger partial charge is 0.333 e. The summed E-state index contributed by atoms with van der Waals surface area (Å²) >= 11 is 3.41. The fourth-order valence-electron chi connectivity index (χ4n) is 3.49. The molecule has 1 aromatic rings. The maximum atomic E-state index is 12.9. The van der Waals surface area contributed by atoms with Gasteiger partial charge in [0.2, 0.25) is 0 Å². The number of hydrogen-bond donors (Lipinski definition) is 0. The van der Waals surface area contributed by atoms with Crippen LogP contribution in [0.1, 0.15) is 62.2 Å². The molecule has 0 unspecified atom stereocenters. The maximum absolute atomic E-state index is 12.9. The van der Waals surface area contributed by atoms with Gasteiger partial charge in [0.1, 0.15) is 0 Å². The highest BCUT2D eigenvalue weighted by Crippen LogP contribution is 2.37. The first-order valence-corrected chi connectivity index (χ1v) is 8.91. The zero-order valence-electron chi connectivity index (χ0n) is 12.6. The van der Waals surface area contributed by atoms with Crippen LogP contribution in [-0.2, 0) is 0 Å². The van der Waals surface area contributed by atoms with Crippen molar-refractivity contribution in [1.29, 1.82) is 0 Å². The van der Waals surface area contributed by atoms with Crippen molar-refractivity contribution in [2.45, 2.75) is 64.0 Å². The first-order valence-electron chi connectivity index (χ1n) is 8.12. The van der Waals surface area contributed by atoms with Gasteiger partial charge in [-0.2, -0.15) is 0 Å². The molecule has 0 spiro atoms. The number of pyridine rings is 1. The fraction of sp³-hybridized carbons (Fsp3) is 0.647. The number of halogens is 1. The second-order valence-electron chi connectivity index (χ2n) is 6.42. The van der Waals surface area contributed by atoms with Crippen LogP contribution in [0.5, 0.6) is 0 Å². The van der Waals surface area contributed by atoms with Crippen LogP contribution in [-0.4, -0.2) is 27.9 Å². The monoisotopic (exact) mass is 350 g/mol. The standard InChI is InChI=1S/C17H23BrN2O/c1-2-12-3-5-15(6-4-12)20(16-7-8-16)17(21)13-9-14(18)11-19-10-13/h9-12,15-16H,2-8H2,1H3. The van der Waals surface area contributed by atoms with Crippen LogP contribution in [0.15, 0.2) is 22.9 Å². The van der Waals surface area contributed by atoms with Gasteiger partial charge in [-0.1, -0.05) is 13.3 Å². The first-order chi connectivity index (χ1) is 10.2. The summed E-state index contributed by atoms with van der Waals surface area (Å²) < 4.78 is 0.874. The minimum absolute atomic E-state index is 0.172. The molecule has 21 heavy (non-hydrogen) atoms. The summed E-state index contributed by atoms with van der Waals surface area (Å²) in [5.41, 5.74) is 0.717. The number of aromatic nitrogens is 1. The molecule has 0 atom stereocenters. The smallest absolute Gasteiger partial charge is 0.255 e. The molecule has 2 fully saturated rings. The third-order valence-corrected chi connectivity index (χ3v) is 5.35. The zero-order valence-corrected chi connectivity index (χ0v) is 14.2. The molecule has 4 heteroatoms. The lowest BCUT2D eigenvalue weighted by molar-refractivity contribution is 0.0586. The Hall–Kier alpha value is -0.900. The van der Waals surface area contributed by atoms with E-state index in [-0.39, 0.29) is 5.91 Å². The lowest BCUT2D eigenvalue weighted by Gasteiger charge is -2.37. The highest BCUT2D eigenvalue weighted by molar-refractivity contribution is 9.10. The Labute approximate surface area is 135 Å². The van der Waals surface area contributed by atoms with Crippen LogP contribution in [0, 0.1) is 5.92 Å². The molecule has 0 saturated heterocycles. The van der Waals surface area contributed by atoms with E-state index in [0.29, 0.717) is 17.6 Å². The van der Waals surface area contributed by atoms with Gasteiger partial charge in [-0.25, -0.2) is 0 Å².